The lowest BCUT2D eigenvalue weighted by Crippen LogP contribution is -2.10. The second kappa shape index (κ2) is 6.95. The van der Waals surface area contributed by atoms with E-state index in [0.29, 0.717) is 5.56 Å². The molecule has 0 bridgehead atoms. The van der Waals surface area contributed by atoms with Crippen molar-refractivity contribution >= 4 is 21.7 Å². The number of carbonyl (C=O) groups is 1. The molecule has 0 radical (unpaired) electrons. The molecule has 100 valence electrons. The van der Waals surface area contributed by atoms with Crippen LogP contribution in [0.1, 0.15) is 27.9 Å². The van der Waals surface area contributed by atoms with Gasteiger partial charge in [-0.3, -0.25) is 4.79 Å². The standard InChI is InChI=1S/C13H15BrF2O2/c1-8-6-11(14)9(2)5-10(8)12(17)3-4-18-7-13(15)16/h5-6,13H,3-4,7H2,1-2H3. The van der Waals surface area contributed by atoms with Gasteiger partial charge in [-0.2, -0.15) is 0 Å². The maximum atomic E-state index is 11.9. The predicted octanol–water partition coefficient (Wildman–Crippen LogP) is 3.92. The van der Waals surface area contributed by atoms with Gasteiger partial charge in [0.1, 0.15) is 6.61 Å². The number of carbonyl (C=O) groups excluding carboxylic acids is 1. The van der Waals surface area contributed by atoms with E-state index in [1.54, 1.807) is 6.07 Å². The summed E-state index contributed by atoms with van der Waals surface area (Å²) in [6.07, 6.45) is -2.37. The van der Waals surface area contributed by atoms with E-state index >= 15 is 0 Å². The number of rotatable bonds is 6. The third-order valence-corrected chi connectivity index (χ3v) is 3.38. The Hall–Kier alpha value is -0.810. The molecule has 0 saturated heterocycles. The minimum Gasteiger partial charge on any atom is -0.375 e. The Labute approximate surface area is 113 Å². The molecule has 18 heavy (non-hydrogen) atoms. The first-order valence-electron chi connectivity index (χ1n) is 5.57. The van der Waals surface area contributed by atoms with E-state index in [2.05, 4.69) is 15.9 Å². The van der Waals surface area contributed by atoms with Crippen LogP contribution in [0.4, 0.5) is 8.78 Å². The van der Waals surface area contributed by atoms with Gasteiger partial charge in [0.25, 0.3) is 6.43 Å². The summed E-state index contributed by atoms with van der Waals surface area (Å²) in [5.41, 5.74) is 2.46. The molecule has 0 saturated carbocycles. The highest BCUT2D eigenvalue weighted by molar-refractivity contribution is 9.10. The number of hydrogen-bond donors (Lipinski definition) is 0. The Bertz CT molecular complexity index is 433. The molecule has 0 amide bonds. The van der Waals surface area contributed by atoms with E-state index in [9.17, 15) is 13.6 Å². The lowest BCUT2D eigenvalue weighted by Gasteiger charge is -2.08. The number of benzene rings is 1. The summed E-state index contributed by atoms with van der Waals surface area (Å²) in [4.78, 5) is 11.9. The van der Waals surface area contributed by atoms with E-state index in [-0.39, 0.29) is 18.8 Å². The van der Waals surface area contributed by atoms with Crippen LogP contribution in [0.25, 0.3) is 0 Å². The smallest absolute Gasteiger partial charge is 0.261 e. The Morgan fingerprint density at radius 1 is 1.33 bits per heavy atom. The van der Waals surface area contributed by atoms with E-state index in [4.69, 9.17) is 4.74 Å². The molecule has 0 atom stereocenters. The molecular formula is C13H15BrF2O2. The van der Waals surface area contributed by atoms with Gasteiger partial charge in [0, 0.05) is 16.5 Å². The molecule has 0 N–H and O–H groups in total. The average molecular weight is 321 g/mol. The van der Waals surface area contributed by atoms with E-state index in [0.717, 1.165) is 15.6 Å². The van der Waals surface area contributed by atoms with Crippen LogP contribution in [0.5, 0.6) is 0 Å². The van der Waals surface area contributed by atoms with Crippen molar-refractivity contribution in [3.63, 3.8) is 0 Å². The highest BCUT2D eigenvalue weighted by Crippen LogP contribution is 2.22. The fourth-order valence-electron chi connectivity index (χ4n) is 1.55. The van der Waals surface area contributed by atoms with Gasteiger partial charge in [0.2, 0.25) is 0 Å². The summed E-state index contributed by atoms with van der Waals surface area (Å²) < 4.78 is 29.3. The first-order chi connectivity index (χ1) is 8.41. The van der Waals surface area contributed by atoms with Crippen LogP contribution >= 0.6 is 15.9 Å². The highest BCUT2D eigenvalue weighted by atomic mass is 79.9. The van der Waals surface area contributed by atoms with Crippen molar-refractivity contribution in [2.24, 2.45) is 0 Å². The van der Waals surface area contributed by atoms with Crippen LogP contribution in [0, 0.1) is 13.8 Å². The van der Waals surface area contributed by atoms with Crippen molar-refractivity contribution in [3.05, 3.63) is 33.3 Å². The van der Waals surface area contributed by atoms with Crippen molar-refractivity contribution in [1.82, 2.24) is 0 Å². The van der Waals surface area contributed by atoms with Crippen molar-refractivity contribution in [1.29, 1.82) is 0 Å². The van der Waals surface area contributed by atoms with E-state index in [1.807, 2.05) is 19.9 Å². The Morgan fingerprint density at radius 2 is 2.00 bits per heavy atom. The van der Waals surface area contributed by atoms with Gasteiger partial charge in [-0.05, 0) is 37.1 Å². The van der Waals surface area contributed by atoms with Gasteiger partial charge in [-0.25, -0.2) is 8.78 Å². The Balaban J connectivity index is 2.59. The summed E-state index contributed by atoms with van der Waals surface area (Å²) in [5, 5.41) is 0. The fourth-order valence-corrected chi connectivity index (χ4v) is 2.01. The number of halogens is 3. The molecule has 2 nitrogen and oxygen atoms in total. The minimum atomic E-state index is -2.49. The Morgan fingerprint density at radius 3 is 2.61 bits per heavy atom. The van der Waals surface area contributed by atoms with Crippen LogP contribution in [-0.2, 0) is 4.74 Å². The van der Waals surface area contributed by atoms with Crippen LogP contribution in [0.3, 0.4) is 0 Å². The zero-order valence-electron chi connectivity index (χ0n) is 10.3. The molecule has 0 unspecified atom stereocenters. The van der Waals surface area contributed by atoms with Crippen LogP contribution in [0.2, 0.25) is 0 Å². The molecule has 0 spiro atoms. The zero-order valence-corrected chi connectivity index (χ0v) is 11.9. The normalized spacial score (nSPS) is 11.0. The molecular weight excluding hydrogens is 306 g/mol. The second-order valence-corrected chi connectivity index (χ2v) is 4.91. The van der Waals surface area contributed by atoms with Crippen molar-refractivity contribution in [2.45, 2.75) is 26.7 Å². The maximum absolute atomic E-state index is 11.9. The SMILES string of the molecule is Cc1cc(C(=O)CCOCC(F)F)c(C)cc1Br. The monoisotopic (exact) mass is 320 g/mol. The maximum Gasteiger partial charge on any atom is 0.261 e. The number of ketones is 1. The highest BCUT2D eigenvalue weighted by Gasteiger charge is 2.11. The number of alkyl halides is 2. The van der Waals surface area contributed by atoms with Crippen LogP contribution < -0.4 is 0 Å². The second-order valence-electron chi connectivity index (χ2n) is 4.06. The molecule has 0 aromatic heterocycles. The predicted molar refractivity (Wildman–Crippen MR) is 69.4 cm³/mol. The van der Waals surface area contributed by atoms with Gasteiger partial charge < -0.3 is 4.74 Å². The van der Waals surface area contributed by atoms with E-state index < -0.39 is 13.0 Å². The summed E-state index contributed by atoms with van der Waals surface area (Å²) in [5.74, 6) is -0.0858. The van der Waals surface area contributed by atoms with Gasteiger partial charge in [0.15, 0.2) is 5.78 Å². The molecule has 0 aliphatic rings. The first-order valence-corrected chi connectivity index (χ1v) is 6.37. The van der Waals surface area contributed by atoms with Crippen molar-refractivity contribution < 1.29 is 18.3 Å². The quantitative estimate of drug-likeness (QED) is 0.586. The number of ether oxygens (including phenoxy) is 1. The average Bonchev–Trinajstić information content (AvgIpc) is 2.28. The summed E-state index contributed by atoms with van der Waals surface area (Å²) in [7, 11) is 0. The fraction of sp³-hybridized carbons (Fsp3) is 0.462. The van der Waals surface area contributed by atoms with Gasteiger partial charge in [-0.15, -0.1) is 0 Å². The van der Waals surface area contributed by atoms with Gasteiger partial charge in [0.05, 0.1) is 6.61 Å². The van der Waals surface area contributed by atoms with Crippen molar-refractivity contribution in [3.8, 4) is 0 Å². The number of Topliss-reactive ketones (excluding diaryl/α,β-unsaturated/α-hetero) is 1. The molecule has 5 heteroatoms. The Kier molecular flexibility index (Phi) is 5.88. The zero-order chi connectivity index (χ0) is 13.7. The number of aryl methyl sites for hydroxylation is 2. The molecule has 0 fully saturated rings. The third-order valence-electron chi connectivity index (χ3n) is 2.52. The van der Waals surface area contributed by atoms with E-state index in [1.165, 1.54) is 0 Å². The number of hydrogen-bond acceptors (Lipinski definition) is 2. The molecule has 1 aromatic carbocycles. The lowest BCUT2D eigenvalue weighted by molar-refractivity contribution is 0.0169. The largest absolute Gasteiger partial charge is 0.375 e. The van der Waals surface area contributed by atoms with Crippen LogP contribution in [0.15, 0.2) is 16.6 Å². The molecule has 0 heterocycles. The van der Waals surface area contributed by atoms with Crippen molar-refractivity contribution in [2.75, 3.05) is 13.2 Å². The molecule has 0 aliphatic heterocycles. The molecule has 1 rings (SSSR count). The summed E-state index contributed by atoms with van der Waals surface area (Å²) >= 11 is 3.39. The van der Waals surface area contributed by atoms with Crippen LogP contribution in [-0.4, -0.2) is 25.4 Å². The van der Waals surface area contributed by atoms with Gasteiger partial charge >= 0.3 is 0 Å². The summed E-state index contributed by atoms with van der Waals surface area (Å²) in [6.45, 7) is 3.15. The summed E-state index contributed by atoms with van der Waals surface area (Å²) in [6, 6.07) is 3.68. The third kappa shape index (κ3) is 4.46. The minimum absolute atomic E-state index is 0.0255. The lowest BCUT2D eigenvalue weighted by atomic mass is 10.0. The molecule has 1 aromatic rings. The first kappa shape index (κ1) is 15.2. The topological polar surface area (TPSA) is 26.3 Å². The van der Waals surface area contributed by atoms with Gasteiger partial charge in [-0.1, -0.05) is 15.9 Å². The molecule has 0 aliphatic carbocycles.